The molecule has 25 heavy (non-hydrogen) atoms. The van der Waals surface area contributed by atoms with Crippen molar-refractivity contribution in [3.8, 4) is 28.4 Å². The highest BCUT2D eigenvalue weighted by Gasteiger charge is 2.18. The standard InChI is InChI=1S/C19H13N3O3/c23-15-9-5-4-8-12(15)14-10-13(19(24)25)16-18(20-14)22-17(21-16)11-6-2-1-3-7-11/h1-10,23H,(H,24,25)(H,20,21,22). The van der Waals surface area contributed by atoms with Gasteiger partial charge >= 0.3 is 5.97 Å². The van der Waals surface area contributed by atoms with E-state index in [0.29, 0.717) is 22.6 Å². The van der Waals surface area contributed by atoms with E-state index in [1.54, 1.807) is 18.2 Å². The van der Waals surface area contributed by atoms with Crippen LogP contribution in [0.3, 0.4) is 0 Å². The molecule has 0 saturated heterocycles. The number of imidazole rings is 1. The van der Waals surface area contributed by atoms with Crippen LogP contribution in [0.5, 0.6) is 5.75 Å². The molecule has 122 valence electrons. The molecule has 0 amide bonds. The van der Waals surface area contributed by atoms with Crippen LogP contribution in [0.15, 0.2) is 60.7 Å². The molecule has 2 aromatic carbocycles. The highest BCUT2D eigenvalue weighted by molar-refractivity contribution is 6.02. The molecule has 6 heteroatoms. The molecule has 6 nitrogen and oxygen atoms in total. The maximum absolute atomic E-state index is 11.7. The highest BCUT2D eigenvalue weighted by Crippen LogP contribution is 2.31. The third-order valence-electron chi connectivity index (χ3n) is 3.92. The summed E-state index contributed by atoms with van der Waals surface area (Å²) in [6, 6.07) is 17.5. The summed E-state index contributed by atoms with van der Waals surface area (Å²) >= 11 is 0. The number of pyridine rings is 1. The summed E-state index contributed by atoms with van der Waals surface area (Å²) in [7, 11) is 0. The number of phenols is 1. The van der Waals surface area contributed by atoms with Crippen LogP contribution in [0.4, 0.5) is 0 Å². The van der Waals surface area contributed by atoms with E-state index in [2.05, 4.69) is 15.0 Å². The number of carboxylic acid groups (broad SMARTS) is 1. The predicted octanol–water partition coefficient (Wildman–Crippen LogP) is 3.70. The van der Waals surface area contributed by atoms with Gasteiger partial charge < -0.3 is 15.2 Å². The first-order valence-corrected chi connectivity index (χ1v) is 7.61. The molecule has 3 N–H and O–H groups in total. The molecular weight excluding hydrogens is 318 g/mol. The molecule has 2 heterocycles. The molecule has 4 rings (SSSR count). The van der Waals surface area contributed by atoms with Crippen molar-refractivity contribution < 1.29 is 15.0 Å². The number of aromatic amines is 1. The zero-order chi connectivity index (χ0) is 17.4. The first kappa shape index (κ1) is 14.9. The minimum absolute atomic E-state index is 0.0320. The van der Waals surface area contributed by atoms with Gasteiger partial charge in [-0.1, -0.05) is 42.5 Å². The molecule has 0 unspecified atom stereocenters. The molecule has 0 aliphatic rings. The lowest BCUT2D eigenvalue weighted by molar-refractivity contribution is 0.0699. The Kier molecular flexibility index (Phi) is 3.43. The van der Waals surface area contributed by atoms with E-state index in [-0.39, 0.29) is 17.0 Å². The molecule has 0 bridgehead atoms. The summed E-state index contributed by atoms with van der Waals surface area (Å²) < 4.78 is 0. The van der Waals surface area contributed by atoms with Gasteiger partial charge in [0.25, 0.3) is 0 Å². The lowest BCUT2D eigenvalue weighted by atomic mass is 10.1. The van der Waals surface area contributed by atoms with E-state index >= 15 is 0 Å². The van der Waals surface area contributed by atoms with E-state index in [1.165, 1.54) is 12.1 Å². The van der Waals surface area contributed by atoms with Gasteiger partial charge in [-0.05, 0) is 18.2 Å². The maximum Gasteiger partial charge on any atom is 0.338 e. The van der Waals surface area contributed by atoms with Crippen molar-refractivity contribution in [3.63, 3.8) is 0 Å². The normalized spacial score (nSPS) is 10.9. The number of carbonyl (C=O) groups is 1. The molecule has 0 aliphatic carbocycles. The fraction of sp³-hybridized carbons (Fsp3) is 0. The van der Waals surface area contributed by atoms with E-state index in [0.717, 1.165) is 5.56 Å². The van der Waals surface area contributed by atoms with Crippen LogP contribution in [0, 0.1) is 0 Å². The Morgan fingerprint density at radius 1 is 0.960 bits per heavy atom. The molecular formula is C19H13N3O3. The number of carboxylic acids is 1. The molecule has 4 aromatic rings. The van der Waals surface area contributed by atoms with E-state index < -0.39 is 5.97 Å². The Labute approximate surface area is 142 Å². The minimum Gasteiger partial charge on any atom is -0.507 e. The second kappa shape index (κ2) is 5.76. The first-order chi connectivity index (χ1) is 12.1. The van der Waals surface area contributed by atoms with Crippen LogP contribution in [0.2, 0.25) is 0 Å². The Morgan fingerprint density at radius 3 is 2.40 bits per heavy atom. The van der Waals surface area contributed by atoms with Gasteiger partial charge in [0.2, 0.25) is 0 Å². The van der Waals surface area contributed by atoms with Crippen molar-refractivity contribution in [3.05, 3.63) is 66.2 Å². The number of para-hydroxylation sites is 1. The van der Waals surface area contributed by atoms with Gasteiger partial charge in [-0.25, -0.2) is 14.8 Å². The van der Waals surface area contributed by atoms with E-state index in [4.69, 9.17) is 0 Å². The lowest BCUT2D eigenvalue weighted by Gasteiger charge is -2.05. The number of aromatic carboxylic acids is 1. The summed E-state index contributed by atoms with van der Waals surface area (Å²) in [6.07, 6.45) is 0. The molecule has 0 spiro atoms. The van der Waals surface area contributed by atoms with Gasteiger partial charge in [-0.3, -0.25) is 0 Å². The zero-order valence-electron chi connectivity index (χ0n) is 13.0. The van der Waals surface area contributed by atoms with Crippen LogP contribution >= 0.6 is 0 Å². The molecule has 0 atom stereocenters. The van der Waals surface area contributed by atoms with E-state index in [9.17, 15) is 15.0 Å². The average molecular weight is 331 g/mol. The highest BCUT2D eigenvalue weighted by atomic mass is 16.4. The SMILES string of the molecule is O=C(O)c1cc(-c2ccccc2O)nc2nc(-c3ccccc3)[nH]c12. The second-order valence-electron chi connectivity index (χ2n) is 5.53. The topological polar surface area (TPSA) is 99.1 Å². The first-order valence-electron chi connectivity index (χ1n) is 7.61. The number of nitrogens with one attached hydrogen (secondary N) is 1. The zero-order valence-corrected chi connectivity index (χ0v) is 13.0. The van der Waals surface area contributed by atoms with Crippen molar-refractivity contribution >= 4 is 17.1 Å². The second-order valence-corrected chi connectivity index (χ2v) is 5.53. The van der Waals surface area contributed by atoms with Crippen LogP contribution < -0.4 is 0 Å². The fourth-order valence-electron chi connectivity index (χ4n) is 2.72. The molecule has 0 saturated carbocycles. The Balaban J connectivity index is 1.97. The van der Waals surface area contributed by atoms with Crippen molar-refractivity contribution in [2.24, 2.45) is 0 Å². The number of aromatic nitrogens is 3. The molecule has 2 aromatic heterocycles. The summed E-state index contributed by atoms with van der Waals surface area (Å²) in [5.41, 5.74) is 2.34. The van der Waals surface area contributed by atoms with Gasteiger partial charge in [0.05, 0.1) is 16.8 Å². The van der Waals surface area contributed by atoms with Gasteiger partial charge in [0, 0.05) is 11.1 Å². The van der Waals surface area contributed by atoms with Crippen LogP contribution in [0.1, 0.15) is 10.4 Å². The van der Waals surface area contributed by atoms with Crippen molar-refractivity contribution in [2.75, 3.05) is 0 Å². The molecule has 0 fully saturated rings. The minimum atomic E-state index is -1.09. The summed E-state index contributed by atoms with van der Waals surface area (Å²) in [4.78, 5) is 23.6. The van der Waals surface area contributed by atoms with E-state index in [1.807, 2.05) is 30.3 Å². The van der Waals surface area contributed by atoms with Crippen LogP contribution in [-0.2, 0) is 0 Å². The Bertz CT molecular complexity index is 1090. The summed E-state index contributed by atoms with van der Waals surface area (Å²) in [5.74, 6) is -0.517. The number of nitrogens with zero attached hydrogens (tertiary/aromatic N) is 2. The van der Waals surface area contributed by atoms with Crippen molar-refractivity contribution in [1.29, 1.82) is 0 Å². The number of phenolic OH excluding ortho intramolecular Hbond substituents is 1. The van der Waals surface area contributed by atoms with Gasteiger partial charge in [0.15, 0.2) is 5.65 Å². The number of fused-ring (bicyclic) bond motifs is 1. The van der Waals surface area contributed by atoms with Crippen LogP contribution in [0.25, 0.3) is 33.8 Å². The van der Waals surface area contributed by atoms with Crippen LogP contribution in [-0.4, -0.2) is 31.1 Å². The Morgan fingerprint density at radius 2 is 1.68 bits per heavy atom. The van der Waals surface area contributed by atoms with Gasteiger partial charge in [0.1, 0.15) is 11.6 Å². The predicted molar refractivity (Wildman–Crippen MR) is 93.4 cm³/mol. The fourth-order valence-corrected chi connectivity index (χ4v) is 2.72. The largest absolute Gasteiger partial charge is 0.507 e. The summed E-state index contributed by atoms with van der Waals surface area (Å²) in [5, 5.41) is 19.6. The summed E-state index contributed by atoms with van der Waals surface area (Å²) in [6.45, 7) is 0. The maximum atomic E-state index is 11.7. The van der Waals surface area contributed by atoms with Crippen molar-refractivity contribution in [1.82, 2.24) is 15.0 Å². The molecule has 0 aliphatic heterocycles. The van der Waals surface area contributed by atoms with Gasteiger partial charge in [-0.2, -0.15) is 0 Å². The number of hydrogen-bond acceptors (Lipinski definition) is 4. The monoisotopic (exact) mass is 331 g/mol. The van der Waals surface area contributed by atoms with Gasteiger partial charge in [-0.15, -0.1) is 0 Å². The third kappa shape index (κ3) is 2.59. The number of aromatic hydroxyl groups is 1. The van der Waals surface area contributed by atoms with Crippen molar-refractivity contribution in [2.45, 2.75) is 0 Å². The number of benzene rings is 2. The Hall–Kier alpha value is -3.67. The smallest absolute Gasteiger partial charge is 0.338 e. The number of hydrogen-bond donors (Lipinski definition) is 3. The quantitative estimate of drug-likeness (QED) is 0.531. The number of rotatable bonds is 3. The molecule has 0 radical (unpaired) electrons. The number of H-pyrrole nitrogens is 1. The lowest BCUT2D eigenvalue weighted by Crippen LogP contribution is -2.00. The third-order valence-corrected chi connectivity index (χ3v) is 3.92. The average Bonchev–Trinajstić information content (AvgIpc) is 3.06.